The Morgan fingerprint density at radius 1 is 1.60 bits per heavy atom. The normalized spacial score (nSPS) is 12.1. The van der Waals surface area contributed by atoms with Crippen molar-refractivity contribution in [3.05, 3.63) is 18.1 Å². The molecule has 2 N–H and O–H groups in total. The largest absolute Gasteiger partial charge is 0.476 e. The number of carbonyl (C=O) groups is 1. The SMILES string of the molecule is COC[C@@H](C)Nc1cnc(C(=O)O)cn1. The first-order valence-corrected chi connectivity index (χ1v) is 4.44. The molecule has 0 amide bonds. The van der Waals surface area contributed by atoms with Gasteiger partial charge in [0.15, 0.2) is 5.69 Å². The molecule has 6 heteroatoms. The van der Waals surface area contributed by atoms with Gasteiger partial charge in [0.2, 0.25) is 0 Å². The first-order chi connectivity index (χ1) is 7.13. The van der Waals surface area contributed by atoms with E-state index in [-0.39, 0.29) is 11.7 Å². The fourth-order valence-electron chi connectivity index (χ4n) is 1.06. The quantitative estimate of drug-likeness (QED) is 0.742. The van der Waals surface area contributed by atoms with E-state index in [1.54, 1.807) is 7.11 Å². The maximum atomic E-state index is 10.5. The molecule has 1 rings (SSSR count). The van der Waals surface area contributed by atoms with Gasteiger partial charge in [-0.05, 0) is 6.92 Å². The fraction of sp³-hybridized carbons (Fsp3) is 0.444. The summed E-state index contributed by atoms with van der Waals surface area (Å²) in [5, 5.41) is 11.6. The molecule has 0 bridgehead atoms. The van der Waals surface area contributed by atoms with E-state index in [9.17, 15) is 4.79 Å². The standard InChI is InChI=1S/C9H13N3O3/c1-6(5-15-2)12-8-4-10-7(3-11-8)9(13)14/h3-4,6H,5H2,1-2H3,(H,11,12)(H,13,14)/t6-/m1/s1. The highest BCUT2D eigenvalue weighted by atomic mass is 16.5. The molecule has 6 nitrogen and oxygen atoms in total. The molecular formula is C9H13N3O3. The number of hydrogen-bond acceptors (Lipinski definition) is 5. The van der Waals surface area contributed by atoms with E-state index in [1.807, 2.05) is 6.92 Å². The van der Waals surface area contributed by atoms with Gasteiger partial charge < -0.3 is 15.2 Å². The summed E-state index contributed by atoms with van der Waals surface area (Å²) >= 11 is 0. The third-order valence-electron chi connectivity index (χ3n) is 1.68. The molecule has 0 saturated heterocycles. The zero-order valence-corrected chi connectivity index (χ0v) is 8.60. The summed E-state index contributed by atoms with van der Waals surface area (Å²) in [7, 11) is 1.61. The molecule has 82 valence electrons. The van der Waals surface area contributed by atoms with Crippen LogP contribution in [0.15, 0.2) is 12.4 Å². The van der Waals surface area contributed by atoms with Crippen LogP contribution in [0.4, 0.5) is 5.82 Å². The number of hydrogen-bond donors (Lipinski definition) is 2. The Labute approximate surface area is 87.3 Å². The average molecular weight is 211 g/mol. The molecule has 0 unspecified atom stereocenters. The molecule has 0 aromatic carbocycles. The molecular weight excluding hydrogens is 198 g/mol. The first kappa shape index (κ1) is 11.4. The molecule has 0 fully saturated rings. The molecule has 0 spiro atoms. The van der Waals surface area contributed by atoms with Crippen molar-refractivity contribution >= 4 is 11.8 Å². The van der Waals surface area contributed by atoms with Gasteiger partial charge in [-0.2, -0.15) is 0 Å². The van der Waals surface area contributed by atoms with Gasteiger partial charge in [-0.3, -0.25) is 0 Å². The van der Waals surface area contributed by atoms with Crippen molar-refractivity contribution in [3.63, 3.8) is 0 Å². The summed E-state index contributed by atoms with van der Waals surface area (Å²) < 4.78 is 4.93. The Hall–Kier alpha value is -1.69. The van der Waals surface area contributed by atoms with Crippen molar-refractivity contribution in [1.82, 2.24) is 9.97 Å². The third-order valence-corrected chi connectivity index (χ3v) is 1.68. The van der Waals surface area contributed by atoms with Crippen molar-refractivity contribution in [1.29, 1.82) is 0 Å². The number of anilines is 1. The van der Waals surface area contributed by atoms with Gasteiger partial charge in [-0.25, -0.2) is 14.8 Å². The van der Waals surface area contributed by atoms with Gasteiger partial charge in [-0.1, -0.05) is 0 Å². The molecule has 1 heterocycles. The van der Waals surface area contributed by atoms with Crippen molar-refractivity contribution in [3.8, 4) is 0 Å². The summed E-state index contributed by atoms with van der Waals surface area (Å²) in [5.74, 6) is -0.552. The summed E-state index contributed by atoms with van der Waals surface area (Å²) in [4.78, 5) is 18.1. The zero-order valence-electron chi connectivity index (χ0n) is 8.60. The van der Waals surface area contributed by atoms with Gasteiger partial charge in [0, 0.05) is 13.2 Å². The number of methoxy groups -OCH3 is 1. The fourth-order valence-corrected chi connectivity index (χ4v) is 1.06. The molecule has 0 aliphatic heterocycles. The van der Waals surface area contributed by atoms with Gasteiger partial charge >= 0.3 is 5.97 Å². The summed E-state index contributed by atoms with van der Waals surface area (Å²) in [5.41, 5.74) is -0.0695. The lowest BCUT2D eigenvalue weighted by Crippen LogP contribution is -2.21. The van der Waals surface area contributed by atoms with Crippen LogP contribution in [0.3, 0.4) is 0 Å². The topological polar surface area (TPSA) is 84.3 Å². The van der Waals surface area contributed by atoms with E-state index in [4.69, 9.17) is 9.84 Å². The Kier molecular flexibility index (Phi) is 3.99. The minimum Gasteiger partial charge on any atom is -0.476 e. The van der Waals surface area contributed by atoms with E-state index in [1.165, 1.54) is 12.4 Å². The summed E-state index contributed by atoms with van der Waals surface area (Å²) in [6, 6.07) is 0.0972. The van der Waals surface area contributed by atoms with Crippen LogP contribution in [0.1, 0.15) is 17.4 Å². The highest BCUT2D eigenvalue weighted by Gasteiger charge is 2.06. The Morgan fingerprint density at radius 3 is 2.80 bits per heavy atom. The lowest BCUT2D eigenvalue weighted by molar-refractivity contribution is 0.0690. The second kappa shape index (κ2) is 5.26. The molecule has 0 aliphatic rings. The van der Waals surface area contributed by atoms with Crippen LogP contribution >= 0.6 is 0 Å². The lowest BCUT2D eigenvalue weighted by Gasteiger charge is -2.12. The van der Waals surface area contributed by atoms with Crippen molar-refractivity contribution < 1.29 is 14.6 Å². The number of nitrogens with zero attached hydrogens (tertiary/aromatic N) is 2. The molecule has 0 radical (unpaired) electrons. The van der Waals surface area contributed by atoms with Gasteiger partial charge in [0.1, 0.15) is 5.82 Å². The smallest absolute Gasteiger partial charge is 0.356 e. The number of aromatic nitrogens is 2. The van der Waals surface area contributed by atoms with Crippen LogP contribution in [0.5, 0.6) is 0 Å². The van der Waals surface area contributed by atoms with Crippen molar-refractivity contribution in [2.24, 2.45) is 0 Å². The van der Waals surface area contributed by atoms with Crippen molar-refractivity contribution in [2.45, 2.75) is 13.0 Å². The van der Waals surface area contributed by atoms with Gasteiger partial charge in [-0.15, -0.1) is 0 Å². The maximum Gasteiger partial charge on any atom is 0.356 e. The highest BCUT2D eigenvalue weighted by molar-refractivity contribution is 5.84. The molecule has 0 aliphatic carbocycles. The monoisotopic (exact) mass is 211 g/mol. The summed E-state index contributed by atoms with van der Waals surface area (Å²) in [6.07, 6.45) is 2.60. The molecule has 0 saturated carbocycles. The first-order valence-electron chi connectivity index (χ1n) is 4.44. The average Bonchev–Trinajstić information content (AvgIpc) is 2.18. The van der Waals surface area contributed by atoms with Crippen molar-refractivity contribution in [2.75, 3.05) is 19.0 Å². The number of carboxylic acid groups (broad SMARTS) is 1. The number of rotatable bonds is 5. The van der Waals surface area contributed by atoms with Gasteiger partial charge in [0.05, 0.1) is 19.0 Å². The van der Waals surface area contributed by atoms with Gasteiger partial charge in [0.25, 0.3) is 0 Å². The van der Waals surface area contributed by atoms with Crippen LogP contribution in [-0.4, -0.2) is 40.8 Å². The van der Waals surface area contributed by atoms with Crippen LogP contribution in [0.25, 0.3) is 0 Å². The minimum absolute atomic E-state index is 0.0695. The van der Waals surface area contributed by atoms with Crippen LogP contribution in [-0.2, 0) is 4.74 Å². The van der Waals surface area contributed by atoms with E-state index in [2.05, 4.69) is 15.3 Å². The van der Waals surface area contributed by atoms with Crippen LogP contribution in [0, 0.1) is 0 Å². The van der Waals surface area contributed by atoms with E-state index >= 15 is 0 Å². The predicted octanol–water partition coefficient (Wildman–Crippen LogP) is 0.622. The van der Waals surface area contributed by atoms with Crippen LogP contribution in [0.2, 0.25) is 0 Å². The van der Waals surface area contributed by atoms with E-state index < -0.39 is 5.97 Å². The highest BCUT2D eigenvalue weighted by Crippen LogP contribution is 2.03. The number of carboxylic acids is 1. The maximum absolute atomic E-state index is 10.5. The Bertz CT molecular complexity index is 326. The predicted molar refractivity (Wildman–Crippen MR) is 54.0 cm³/mol. The number of aromatic carboxylic acids is 1. The Morgan fingerprint density at radius 2 is 2.33 bits per heavy atom. The lowest BCUT2D eigenvalue weighted by atomic mass is 10.3. The number of nitrogens with one attached hydrogen (secondary N) is 1. The third kappa shape index (κ3) is 3.51. The second-order valence-corrected chi connectivity index (χ2v) is 3.09. The van der Waals surface area contributed by atoms with E-state index in [0.29, 0.717) is 12.4 Å². The Balaban J connectivity index is 2.60. The van der Waals surface area contributed by atoms with Crippen LogP contribution < -0.4 is 5.32 Å². The van der Waals surface area contributed by atoms with E-state index in [0.717, 1.165) is 0 Å². The molecule has 1 atom stereocenters. The summed E-state index contributed by atoms with van der Waals surface area (Å²) in [6.45, 7) is 2.47. The molecule has 15 heavy (non-hydrogen) atoms. The zero-order chi connectivity index (χ0) is 11.3. The minimum atomic E-state index is -1.08. The second-order valence-electron chi connectivity index (χ2n) is 3.09. The number of ether oxygens (including phenoxy) is 1. The molecule has 1 aromatic heterocycles. The molecule has 1 aromatic rings.